The van der Waals surface area contributed by atoms with Crippen molar-refractivity contribution in [3.63, 3.8) is 0 Å². The van der Waals surface area contributed by atoms with Crippen molar-refractivity contribution in [1.29, 1.82) is 0 Å². The number of fused-ring (bicyclic) bond motifs is 1. The van der Waals surface area contributed by atoms with Crippen molar-refractivity contribution in [3.05, 3.63) is 27.6 Å². The van der Waals surface area contributed by atoms with E-state index in [4.69, 9.17) is 4.74 Å². The SMILES string of the molecule is CN(Cc1nc2ccsc2c(=O)[nH]1)C(=O)C1CC(=O)OC12CCCC2. The van der Waals surface area contributed by atoms with Gasteiger partial charge in [-0.05, 0) is 37.1 Å². The maximum absolute atomic E-state index is 12.9. The largest absolute Gasteiger partial charge is 0.458 e. The second-order valence-electron chi connectivity index (χ2n) is 6.84. The van der Waals surface area contributed by atoms with Crippen molar-refractivity contribution < 1.29 is 14.3 Å². The van der Waals surface area contributed by atoms with Gasteiger partial charge in [0.15, 0.2) is 0 Å². The van der Waals surface area contributed by atoms with E-state index in [9.17, 15) is 14.4 Å². The second kappa shape index (κ2) is 5.94. The summed E-state index contributed by atoms with van der Waals surface area (Å²) in [5.74, 6) is -0.415. The lowest BCUT2D eigenvalue weighted by Crippen LogP contribution is -2.43. The molecule has 25 heavy (non-hydrogen) atoms. The Balaban J connectivity index is 1.55. The zero-order valence-corrected chi connectivity index (χ0v) is 14.7. The first-order valence-electron chi connectivity index (χ1n) is 8.42. The summed E-state index contributed by atoms with van der Waals surface area (Å²) in [6.07, 6.45) is 3.59. The zero-order valence-electron chi connectivity index (χ0n) is 13.9. The van der Waals surface area contributed by atoms with E-state index in [0.29, 0.717) is 16.0 Å². The molecule has 7 nitrogen and oxygen atoms in total. The molecule has 2 aromatic rings. The van der Waals surface area contributed by atoms with Crippen LogP contribution in [0.4, 0.5) is 0 Å². The first kappa shape index (κ1) is 16.3. The van der Waals surface area contributed by atoms with Crippen LogP contribution in [0.5, 0.6) is 0 Å². The highest BCUT2D eigenvalue weighted by Crippen LogP contribution is 2.46. The summed E-state index contributed by atoms with van der Waals surface area (Å²) >= 11 is 1.34. The summed E-state index contributed by atoms with van der Waals surface area (Å²) in [6.45, 7) is 0.195. The number of nitrogens with one attached hydrogen (secondary N) is 1. The molecule has 1 unspecified atom stereocenters. The van der Waals surface area contributed by atoms with E-state index >= 15 is 0 Å². The number of aromatic nitrogens is 2. The van der Waals surface area contributed by atoms with Crippen molar-refractivity contribution in [1.82, 2.24) is 14.9 Å². The molecule has 1 N–H and O–H groups in total. The van der Waals surface area contributed by atoms with Gasteiger partial charge < -0.3 is 14.6 Å². The fourth-order valence-corrected chi connectivity index (χ4v) is 4.72. The topological polar surface area (TPSA) is 92.4 Å². The maximum Gasteiger partial charge on any atom is 0.307 e. The number of carbonyl (C=O) groups excluding carboxylic acids is 2. The van der Waals surface area contributed by atoms with Crippen molar-refractivity contribution in [2.45, 2.75) is 44.2 Å². The molecular weight excluding hydrogens is 342 g/mol. The Morgan fingerprint density at radius 2 is 2.20 bits per heavy atom. The van der Waals surface area contributed by atoms with E-state index in [1.807, 2.05) is 5.38 Å². The average Bonchev–Trinajstić information content (AvgIpc) is 3.28. The van der Waals surface area contributed by atoms with E-state index in [-0.39, 0.29) is 30.4 Å². The van der Waals surface area contributed by atoms with Crippen LogP contribution >= 0.6 is 11.3 Å². The second-order valence-corrected chi connectivity index (χ2v) is 7.76. The molecule has 8 heteroatoms. The third kappa shape index (κ3) is 2.74. The molecule has 1 saturated carbocycles. The monoisotopic (exact) mass is 361 g/mol. The number of H-pyrrole nitrogens is 1. The molecular formula is C17H19N3O4S. The number of aromatic amines is 1. The molecule has 1 aliphatic carbocycles. The van der Waals surface area contributed by atoms with E-state index in [1.54, 1.807) is 13.1 Å². The molecule has 0 radical (unpaired) electrons. The van der Waals surface area contributed by atoms with Crippen LogP contribution in [0, 0.1) is 5.92 Å². The Bertz CT molecular complexity index is 897. The fourth-order valence-electron chi connectivity index (χ4n) is 3.99. The van der Waals surface area contributed by atoms with Gasteiger partial charge in [0.1, 0.15) is 16.1 Å². The highest BCUT2D eigenvalue weighted by Gasteiger charge is 2.54. The first-order valence-corrected chi connectivity index (χ1v) is 9.30. The minimum absolute atomic E-state index is 0.124. The van der Waals surface area contributed by atoms with Gasteiger partial charge in [0.05, 0.1) is 24.4 Å². The summed E-state index contributed by atoms with van der Waals surface area (Å²) in [7, 11) is 1.67. The van der Waals surface area contributed by atoms with Gasteiger partial charge in [0.2, 0.25) is 5.91 Å². The average molecular weight is 361 g/mol. The number of thiophene rings is 1. The molecule has 1 amide bonds. The van der Waals surface area contributed by atoms with Crippen LogP contribution in [0.1, 0.15) is 37.9 Å². The first-order chi connectivity index (χ1) is 12.0. The number of esters is 1. The van der Waals surface area contributed by atoms with Crippen molar-refractivity contribution >= 4 is 33.4 Å². The van der Waals surface area contributed by atoms with E-state index in [2.05, 4.69) is 9.97 Å². The number of rotatable bonds is 3. The maximum atomic E-state index is 12.9. The number of amides is 1. The standard InChI is InChI=1S/C17H19N3O4S/c1-20(9-12-18-11-4-7-25-14(11)15(22)19-12)16(23)10-8-13(21)24-17(10)5-2-3-6-17/h4,7,10H,2-3,5-6,8-9H2,1H3,(H,18,19,22). The van der Waals surface area contributed by atoms with Gasteiger partial charge in [-0.3, -0.25) is 14.4 Å². The van der Waals surface area contributed by atoms with Gasteiger partial charge in [0.25, 0.3) is 5.56 Å². The van der Waals surface area contributed by atoms with Gasteiger partial charge in [-0.15, -0.1) is 11.3 Å². The lowest BCUT2D eigenvalue weighted by Gasteiger charge is -2.30. The third-order valence-electron chi connectivity index (χ3n) is 5.20. The van der Waals surface area contributed by atoms with Crippen molar-refractivity contribution in [2.24, 2.45) is 5.92 Å². The quantitative estimate of drug-likeness (QED) is 0.842. The number of nitrogens with zero attached hydrogens (tertiary/aromatic N) is 2. The van der Waals surface area contributed by atoms with Crippen LogP contribution in [0.25, 0.3) is 10.2 Å². The van der Waals surface area contributed by atoms with Gasteiger partial charge in [-0.1, -0.05) is 0 Å². The minimum Gasteiger partial charge on any atom is -0.458 e. The Hall–Kier alpha value is -2.22. The van der Waals surface area contributed by atoms with Gasteiger partial charge in [0, 0.05) is 7.05 Å². The van der Waals surface area contributed by atoms with Crippen molar-refractivity contribution in [2.75, 3.05) is 7.05 Å². The summed E-state index contributed by atoms with van der Waals surface area (Å²) in [5.41, 5.74) is -0.181. The van der Waals surface area contributed by atoms with Crippen molar-refractivity contribution in [3.8, 4) is 0 Å². The molecule has 4 rings (SSSR count). The van der Waals surface area contributed by atoms with Crippen LogP contribution in [0.15, 0.2) is 16.2 Å². The molecule has 1 saturated heterocycles. The molecule has 0 aromatic carbocycles. The Morgan fingerprint density at radius 1 is 1.44 bits per heavy atom. The molecule has 132 valence electrons. The fraction of sp³-hybridized carbons (Fsp3) is 0.529. The van der Waals surface area contributed by atoms with E-state index in [1.165, 1.54) is 16.2 Å². The number of hydrogen-bond donors (Lipinski definition) is 1. The van der Waals surface area contributed by atoms with Gasteiger partial charge >= 0.3 is 5.97 Å². The smallest absolute Gasteiger partial charge is 0.307 e. The van der Waals surface area contributed by atoms with Crippen LogP contribution in [-0.2, 0) is 20.9 Å². The van der Waals surface area contributed by atoms with Crippen LogP contribution < -0.4 is 5.56 Å². The molecule has 2 aliphatic rings. The van der Waals surface area contributed by atoms with Crippen LogP contribution in [-0.4, -0.2) is 39.4 Å². The number of hydrogen-bond acceptors (Lipinski definition) is 6. The summed E-state index contributed by atoms with van der Waals surface area (Å²) in [4.78, 5) is 45.5. The highest BCUT2D eigenvalue weighted by molar-refractivity contribution is 7.17. The molecule has 1 spiro atoms. The summed E-state index contributed by atoms with van der Waals surface area (Å²) in [5, 5.41) is 1.82. The lowest BCUT2D eigenvalue weighted by molar-refractivity contribution is -0.151. The highest BCUT2D eigenvalue weighted by atomic mass is 32.1. The Morgan fingerprint density at radius 3 is 2.96 bits per heavy atom. The number of ether oxygens (including phenoxy) is 1. The predicted molar refractivity (Wildman–Crippen MR) is 92.1 cm³/mol. The molecule has 2 aromatic heterocycles. The normalized spacial score (nSPS) is 21.8. The van der Waals surface area contributed by atoms with Crippen LogP contribution in [0.3, 0.4) is 0 Å². The van der Waals surface area contributed by atoms with E-state index in [0.717, 1.165) is 25.7 Å². The van der Waals surface area contributed by atoms with Crippen LogP contribution in [0.2, 0.25) is 0 Å². The minimum atomic E-state index is -0.624. The predicted octanol–water partition coefficient (Wildman–Crippen LogP) is 1.82. The van der Waals surface area contributed by atoms with Gasteiger partial charge in [-0.2, -0.15) is 0 Å². The zero-order chi connectivity index (χ0) is 17.6. The summed E-state index contributed by atoms with van der Waals surface area (Å²) < 4.78 is 6.13. The van der Waals surface area contributed by atoms with Gasteiger partial charge in [-0.25, -0.2) is 4.98 Å². The molecule has 1 atom stereocenters. The molecule has 1 aliphatic heterocycles. The third-order valence-corrected chi connectivity index (χ3v) is 6.10. The summed E-state index contributed by atoms with van der Waals surface area (Å²) in [6, 6.07) is 1.79. The Labute approximate surface area is 148 Å². The molecule has 0 bridgehead atoms. The van der Waals surface area contributed by atoms with E-state index < -0.39 is 11.5 Å². The Kier molecular flexibility index (Phi) is 3.87. The lowest BCUT2D eigenvalue weighted by atomic mass is 9.84. The molecule has 3 heterocycles. The number of carbonyl (C=O) groups is 2. The molecule has 2 fully saturated rings.